The molecule has 0 bridgehead atoms. The van der Waals surface area contributed by atoms with Crippen molar-refractivity contribution in [3.8, 4) is 0 Å². The van der Waals surface area contributed by atoms with E-state index >= 15 is 0 Å². The summed E-state index contributed by atoms with van der Waals surface area (Å²) in [5, 5.41) is 3.36. The molecular formula is C16H22N2O2. The number of imide groups is 1. The fraction of sp³-hybridized carbons (Fsp3) is 0.500. The lowest BCUT2D eigenvalue weighted by atomic mass is 10.1. The topological polar surface area (TPSA) is 49.4 Å². The normalized spacial score (nSPS) is 13.9. The van der Waals surface area contributed by atoms with Gasteiger partial charge in [0.2, 0.25) is 0 Å². The summed E-state index contributed by atoms with van der Waals surface area (Å²) in [5.41, 5.74) is 1.08. The number of carbonyl (C=O) groups excluding carboxylic acids is 2. The van der Waals surface area contributed by atoms with Crippen molar-refractivity contribution in [1.29, 1.82) is 0 Å². The van der Waals surface area contributed by atoms with Gasteiger partial charge in [0, 0.05) is 6.54 Å². The molecule has 20 heavy (non-hydrogen) atoms. The van der Waals surface area contributed by atoms with Gasteiger partial charge in [-0.1, -0.05) is 25.5 Å². The molecule has 1 aliphatic rings. The number of benzene rings is 1. The molecule has 0 unspecified atom stereocenters. The molecule has 2 rings (SSSR count). The number of hydrogen-bond donors (Lipinski definition) is 1. The van der Waals surface area contributed by atoms with E-state index in [9.17, 15) is 9.59 Å². The van der Waals surface area contributed by atoms with Crippen molar-refractivity contribution >= 4 is 11.8 Å². The molecular weight excluding hydrogens is 252 g/mol. The average Bonchev–Trinajstić information content (AvgIpc) is 2.71. The van der Waals surface area contributed by atoms with E-state index in [2.05, 4.69) is 12.2 Å². The summed E-state index contributed by atoms with van der Waals surface area (Å²) in [6.45, 7) is 4.68. The van der Waals surface area contributed by atoms with E-state index in [4.69, 9.17) is 0 Å². The zero-order valence-corrected chi connectivity index (χ0v) is 12.0. The SMILES string of the molecule is CCCCNCCCCN1C(=O)c2ccccc2C1=O. The molecule has 0 saturated heterocycles. The predicted octanol–water partition coefficient (Wildman–Crippen LogP) is 2.45. The third-order valence-electron chi connectivity index (χ3n) is 3.57. The molecule has 0 radical (unpaired) electrons. The van der Waals surface area contributed by atoms with E-state index in [0.29, 0.717) is 17.7 Å². The van der Waals surface area contributed by atoms with Crippen LogP contribution in [0.4, 0.5) is 0 Å². The van der Waals surface area contributed by atoms with E-state index in [1.54, 1.807) is 24.3 Å². The first-order chi connectivity index (χ1) is 9.75. The Morgan fingerprint density at radius 2 is 1.55 bits per heavy atom. The zero-order valence-electron chi connectivity index (χ0n) is 12.0. The molecule has 1 aliphatic heterocycles. The number of amides is 2. The number of unbranched alkanes of at least 4 members (excludes halogenated alkanes) is 2. The highest BCUT2D eigenvalue weighted by molar-refractivity contribution is 6.21. The first-order valence-corrected chi connectivity index (χ1v) is 7.41. The third-order valence-corrected chi connectivity index (χ3v) is 3.57. The van der Waals surface area contributed by atoms with Gasteiger partial charge in [0.05, 0.1) is 11.1 Å². The molecule has 0 fully saturated rings. The third kappa shape index (κ3) is 3.25. The highest BCUT2D eigenvalue weighted by Gasteiger charge is 2.34. The molecule has 108 valence electrons. The summed E-state index contributed by atoms with van der Waals surface area (Å²) < 4.78 is 0. The lowest BCUT2D eigenvalue weighted by molar-refractivity contribution is 0.0651. The Balaban J connectivity index is 1.75. The highest BCUT2D eigenvalue weighted by atomic mass is 16.2. The molecule has 2 amide bonds. The summed E-state index contributed by atoms with van der Waals surface area (Å²) in [4.78, 5) is 25.6. The minimum absolute atomic E-state index is 0.149. The Kier molecular flexibility index (Phi) is 5.30. The fourth-order valence-corrected chi connectivity index (χ4v) is 2.39. The van der Waals surface area contributed by atoms with Crippen molar-refractivity contribution in [1.82, 2.24) is 10.2 Å². The van der Waals surface area contributed by atoms with Crippen LogP contribution in [0.3, 0.4) is 0 Å². The second-order valence-corrected chi connectivity index (χ2v) is 5.12. The minimum Gasteiger partial charge on any atom is -0.317 e. The van der Waals surface area contributed by atoms with Crippen molar-refractivity contribution in [2.24, 2.45) is 0 Å². The Labute approximate surface area is 120 Å². The van der Waals surface area contributed by atoms with E-state index < -0.39 is 0 Å². The molecule has 0 spiro atoms. The first kappa shape index (κ1) is 14.7. The molecule has 0 atom stereocenters. The molecule has 0 aliphatic carbocycles. The van der Waals surface area contributed by atoms with Crippen LogP contribution in [0.25, 0.3) is 0 Å². The monoisotopic (exact) mass is 274 g/mol. The Hall–Kier alpha value is -1.68. The first-order valence-electron chi connectivity index (χ1n) is 7.41. The minimum atomic E-state index is -0.149. The summed E-state index contributed by atoms with van der Waals surface area (Å²) in [7, 11) is 0. The second kappa shape index (κ2) is 7.20. The molecule has 4 nitrogen and oxygen atoms in total. The molecule has 0 saturated carbocycles. The number of nitrogens with one attached hydrogen (secondary N) is 1. The van der Waals surface area contributed by atoms with Gasteiger partial charge in [0.25, 0.3) is 11.8 Å². The van der Waals surface area contributed by atoms with Gasteiger partial charge in [-0.25, -0.2) is 0 Å². The number of carbonyl (C=O) groups is 2. The predicted molar refractivity (Wildman–Crippen MR) is 78.8 cm³/mol. The highest BCUT2D eigenvalue weighted by Crippen LogP contribution is 2.22. The van der Waals surface area contributed by atoms with Crippen LogP contribution in [0.1, 0.15) is 53.3 Å². The largest absolute Gasteiger partial charge is 0.317 e. The fourth-order valence-electron chi connectivity index (χ4n) is 2.39. The maximum atomic E-state index is 12.1. The molecule has 1 heterocycles. The summed E-state index contributed by atoms with van der Waals surface area (Å²) in [6.07, 6.45) is 4.22. The van der Waals surface area contributed by atoms with Gasteiger partial charge in [-0.3, -0.25) is 14.5 Å². The lowest BCUT2D eigenvalue weighted by Crippen LogP contribution is -2.31. The Morgan fingerprint density at radius 3 is 2.15 bits per heavy atom. The molecule has 1 aromatic rings. The van der Waals surface area contributed by atoms with Crippen molar-refractivity contribution in [2.75, 3.05) is 19.6 Å². The number of hydrogen-bond acceptors (Lipinski definition) is 3. The Bertz CT molecular complexity index is 450. The van der Waals surface area contributed by atoms with Crippen molar-refractivity contribution < 1.29 is 9.59 Å². The summed E-state index contributed by atoms with van der Waals surface area (Å²) in [6, 6.07) is 7.04. The van der Waals surface area contributed by atoms with E-state index in [-0.39, 0.29) is 11.8 Å². The summed E-state index contributed by atoms with van der Waals surface area (Å²) >= 11 is 0. The van der Waals surface area contributed by atoms with Gasteiger partial charge >= 0.3 is 0 Å². The van der Waals surface area contributed by atoms with Crippen LogP contribution < -0.4 is 5.32 Å². The lowest BCUT2D eigenvalue weighted by Gasteiger charge is -2.13. The van der Waals surface area contributed by atoms with Gasteiger partial charge in [-0.05, 0) is 44.5 Å². The smallest absolute Gasteiger partial charge is 0.261 e. The van der Waals surface area contributed by atoms with Gasteiger partial charge in [0.1, 0.15) is 0 Å². The molecule has 0 aromatic heterocycles. The van der Waals surface area contributed by atoms with Crippen LogP contribution in [-0.4, -0.2) is 36.3 Å². The van der Waals surface area contributed by atoms with Crippen LogP contribution in [0.5, 0.6) is 0 Å². The average molecular weight is 274 g/mol. The van der Waals surface area contributed by atoms with E-state index in [0.717, 1.165) is 25.9 Å². The zero-order chi connectivity index (χ0) is 14.4. The number of nitrogens with zero attached hydrogens (tertiary/aromatic N) is 1. The Morgan fingerprint density at radius 1 is 0.950 bits per heavy atom. The van der Waals surface area contributed by atoms with Crippen LogP contribution in [0.2, 0.25) is 0 Å². The molecule has 4 heteroatoms. The van der Waals surface area contributed by atoms with E-state index in [1.807, 2.05) is 0 Å². The van der Waals surface area contributed by atoms with Gasteiger partial charge < -0.3 is 5.32 Å². The van der Waals surface area contributed by atoms with Crippen molar-refractivity contribution in [3.63, 3.8) is 0 Å². The van der Waals surface area contributed by atoms with Gasteiger partial charge in [0.15, 0.2) is 0 Å². The summed E-state index contributed by atoms with van der Waals surface area (Å²) in [5.74, 6) is -0.297. The number of fused-ring (bicyclic) bond motifs is 1. The molecule has 1 aromatic carbocycles. The van der Waals surface area contributed by atoms with Gasteiger partial charge in [-0.15, -0.1) is 0 Å². The molecule has 1 N–H and O–H groups in total. The maximum absolute atomic E-state index is 12.1. The number of rotatable bonds is 8. The van der Waals surface area contributed by atoms with E-state index in [1.165, 1.54) is 17.7 Å². The van der Waals surface area contributed by atoms with Crippen molar-refractivity contribution in [2.45, 2.75) is 32.6 Å². The van der Waals surface area contributed by atoms with Crippen LogP contribution in [0, 0.1) is 0 Å². The quantitative estimate of drug-likeness (QED) is 0.585. The van der Waals surface area contributed by atoms with Crippen molar-refractivity contribution in [3.05, 3.63) is 35.4 Å². The van der Waals surface area contributed by atoms with Crippen LogP contribution in [-0.2, 0) is 0 Å². The van der Waals surface area contributed by atoms with Crippen LogP contribution >= 0.6 is 0 Å². The standard InChI is InChI=1S/C16H22N2O2/c1-2-3-10-17-11-6-7-12-18-15(19)13-8-4-5-9-14(13)16(18)20/h4-5,8-9,17H,2-3,6-7,10-12H2,1H3. The second-order valence-electron chi connectivity index (χ2n) is 5.12. The van der Waals surface area contributed by atoms with Crippen LogP contribution in [0.15, 0.2) is 24.3 Å². The van der Waals surface area contributed by atoms with Gasteiger partial charge in [-0.2, -0.15) is 0 Å². The maximum Gasteiger partial charge on any atom is 0.261 e.